The van der Waals surface area contributed by atoms with Crippen molar-refractivity contribution in [3.05, 3.63) is 118 Å². The highest BCUT2D eigenvalue weighted by Gasteiger charge is 2.35. The molecular formula is C32H27BrClFN2O6S. The molecule has 1 atom stereocenters. The number of fused-ring (bicyclic) bond motifs is 1. The van der Waals surface area contributed by atoms with Crippen molar-refractivity contribution >= 4 is 50.9 Å². The van der Waals surface area contributed by atoms with Crippen LogP contribution in [0.15, 0.2) is 80.1 Å². The van der Waals surface area contributed by atoms with Gasteiger partial charge in [0, 0.05) is 15.1 Å². The third-order valence-corrected chi connectivity index (χ3v) is 8.79. The molecule has 0 bridgehead atoms. The normalized spacial score (nSPS) is 14.6. The van der Waals surface area contributed by atoms with Gasteiger partial charge in [0.2, 0.25) is 0 Å². The molecule has 0 N–H and O–H groups in total. The second-order valence-electron chi connectivity index (χ2n) is 9.63. The smallest absolute Gasteiger partial charge is 0.338 e. The van der Waals surface area contributed by atoms with Gasteiger partial charge in [-0.15, -0.1) is 0 Å². The number of hydrogen-bond acceptors (Lipinski definition) is 8. The minimum atomic E-state index is -0.879. The quantitative estimate of drug-likeness (QED) is 0.201. The Morgan fingerprint density at radius 1 is 1.09 bits per heavy atom. The predicted molar refractivity (Wildman–Crippen MR) is 170 cm³/mol. The molecule has 0 unspecified atom stereocenters. The predicted octanol–water partition coefficient (Wildman–Crippen LogP) is 5.95. The zero-order chi connectivity index (χ0) is 31.5. The summed E-state index contributed by atoms with van der Waals surface area (Å²) < 4.78 is 38.2. The van der Waals surface area contributed by atoms with Gasteiger partial charge in [-0.3, -0.25) is 9.36 Å². The maximum Gasteiger partial charge on any atom is 0.338 e. The van der Waals surface area contributed by atoms with Crippen molar-refractivity contribution in [1.29, 1.82) is 0 Å². The number of methoxy groups -OCH3 is 2. The molecule has 3 aromatic carbocycles. The van der Waals surface area contributed by atoms with E-state index in [0.717, 1.165) is 5.56 Å². The Bertz CT molecular complexity index is 1950. The summed E-state index contributed by atoms with van der Waals surface area (Å²) in [6.45, 7) is 3.75. The Morgan fingerprint density at radius 2 is 1.80 bits per heavy atom. The summed E-state index contributed by atoms with van der Waals surface area (Å²) in [6, 6.07) is 13.7. The Balaban J connectivity index is 1.66. The van der Waals surface area contributed by atoms with Gasteiger partial charge in [-0.1, -0.05) is 51.0 Å². The summed E-state index contributed by atoms with van der Waals surface area (Å²) in [5.74, 6) is 0.458. The highest BCUT2D eigenvalue weighted by Crippen LogP contribution is 2.40. The highest BCUT2D eigenvalue weighted by molar-refractivity contribution is 9.10. The van der Waals surface area contributed by atoms with Crippen LogP contribution in [0.25, 0.3) is 6.08 Å². The molecule has 0 radical (unpaired) electrons. The molecule has 0 aliphatic carbocycles. The van der Waals surface area contributed by atoms with Crippen LogP contribution in [0.2, 0.25) is 5.02 Å². The van der Waals surface area contributed by atoms with Crippen molar-refractivity contribution in [2.75, 3.05) is 20.8 Å². The number of nitrogens with zero attached hydrogens (tertiary/aromatic N) is 2. The lowest BCUT2D eigenvalue weighted by atomic mass is 9.95. The van der Waals surface area contributed by atoms with Crippen LogP contribution in [0.5, 0.6) is 17.2 Å². The van der Waals surface area contributed by atoms with Gasteiger partial charge in [0.25, 0.3) is 5.56 Å². The van der Waals surface area contributed by atoms with Gasteiger partial charge in [0.15, 0.2) is 16.3 Å². The van der Waals surface area contributed by atoms with E-state index < -0.39 is 12.0 Å². The van der Waals surface area contributed by atoms with Crippen molar-refractivity contribution in [2.24, 2.45) is 4.99 Å². The Labute approximate surface area is 269 Å². The van der Waals surface area contributed by atoms with Crippen molar-refractivity contribution in [2.45, 2.75) is 26.5 Å². The van der Waals surface area contributed by atoms with E-state index in [4.69, 9.17) is 30.5 Å². The lowest BCUT2D eigenvalue weighted by molar-refractivity contribution is -0.139. The van der Waals surface area contributed by atoms with E-state index >= 15 is 0 Å². The Morgan fingerprint density at radius 3 is 2.48 bits per heavy atom. The highest BCUT2D eigenvalue weighted by atomic mass is 79.9. The third kappa shape index (κ3) is 6.31. The molecule has 0 saturated carbocycles. The average molecular weight is 702 g/mol. The van der Waals surface area contributed by atoms with Crippen LogP contribution in [-0.4, -0.2) is 31.4 Å². The molecule has 0 fully saturated rings. The number of allylic oxidation sites excluding steroid dienone is 1. The fraction of sp³-hybridized carbons (Fsp3) is 0.219. The number of ether oxygens (including phenoxy) is 4. The van der Waals surface area contributed by atoms with Crippen LogP contribution in [-0.2, 0) is 16.1 Å². The fourth-order valence-electron chi connectivity index (χ4n) is 4.81. The number of carbonyl (C=O) groups excluding carboxylic acids is 1. The molecule has 12 heteroatoms. The summed E-state index contributed by atoms with van der Waals surface area (Å²) in [4.78, 5) is 32.5. The van der Waals surface area contributed by atoms with E-state index in [1.54, 1.807) is 62.4 Å². The molecule has 1 aromatic heterocycles. The molecule has 1 aliphatic heterocycles. The zero-order valence-electron chi connectivity index (χ0n) is 24.2. The molecule has 8 nitrogen and oxygen atoms in total. The van der Waals surface area contributed by atoms with Gasteiger partial charge in [0.05, 0.1) is 42.7 Å². The van der Waals surface area contributed by atoms with Crippen LogP contribution in [0.1, 0.15) is 36.6 Å². The standard InChI is InChI=1S/C32H27BrClFN2O6S/c1-5-42-31(39)28-17(2)36-32-37(29(28)22-14-25(40-3)26(41-4)15-23(22)33)30(38)27(44-32)13-19-12-20(34)8-11-24(19)43-16-18-6-9-21(35)10-7-18/h6-15,29H,5,16H2,1-4H3/b27-13-/t29-/m0/s1. The molecule has 228 valence electrons. The Hall–Kier alpha value is -3.93. The van der Waals surface area contributed by atoms with Crippen molar-refractivity contribution in [3.8, 4) is 17.2 Å². The number of carbonyl (C=O) groups is 1. The summed E-state index contributed by atoms with van der Waals surface area (Å²) in [6.07, 6.45) is 1.68. The number of thiazole rings is 1. The van der Waals surface area contributed by atoms with E-state index in [2.05, 4.69) is 20.9 Å². The average Bonchev–Trinajstić information content (AvgIpc) is 3.30. The van der Waals surface area contributed by atoms with Gasteiger partial charge < -0.3 is 18.9 Å². The summed E-state index contributed by atoms with van der Waals surface area (Å²) >= 11 is 11.1. The fourth-order valence-corrected chi connectivity index (χ4v) is 6.57. The van der Waals surface area contributed by atoms with Crippen molar-refractivity contribution in [1.82, 2.24) is 4.57 Å². The molecule has 2 heterocycles. The molecule has 5 rings (SSSR count). The first-order chi connectivity index (χ1) is 21.1. The molecule has 4 aromatic rings. The Kier molecular flexibility index (Phi) is 9.57. The minimum Gasteiger partial charge on any atom is -0.493 e. The first kappa shape index (κ1) is 31.5. The zero-order valence-corrected chi connectivity index (χ0v) is 27.3. The van der Waals surface area contributed by atoms with Crippen molar-refractivity contribution < 1.29 is 28.1 Å². The first-order valence-corrected chi connectivity index (χ1v) is 15.4. The number of halogens is 3. The minimum absolute atomic E-state index is 0.148. The lowest BCUT2D eigenvalue weighted by Gasteiger charge is -2.26. The van der Waals surface area contributed by atoms with Gasteiger partial charge >= 0.3 is 5.97 Å². The number of aromatic nitrogens is 1. The largest absolute Gasteiger partial charge is 0.493 e. The number of benzene rings is 3. The van der Waals surface area contributed by atoms with Gasteiger partial charge in [0.1, 0.15) is 18.2 Å². The van der Waals surface area contributed by atoms with E-state index in [1.165, 1.54) is 42.3 Å². The van der Waals surface area contributed by atoms with Crippen LogP contribution in [0, 0.1) is 5.82 Å². The van der Waals surface area contributed by atoms with Gasteiger partial charge in [-0.25, -0.2) is 14.2 Å². The summed E-state index contributed by atoms with van der Waals surface area (Å²) in [5.41, 5.74) is 2.20. The van der Waals surface area contributed by atoms with E-state index in [9.17, 15) is 14.0 Å². The summed E-state index contributed by atoms with van der Waals surface area (Å²) in [5, 5.41) is 0.450. The first-order valence-electron chi connectivity index (χ1n) is 13.4. The molecule has 0 saturated heterocycles. The monoisotopic (exact) mass is 700 g/mol. The lowest BCUT2D eigenvalue weighted by Crippen LogP contribution is -2.40. The maximum absolute atomic E-state index is 14.2. The SMILES string of the molecule is CCOC(=O)C1=C(C)N=c2s/c(=C\c3cc(Cl)ccc3OCc3ccc(F)cc3)c(=O)n2[C@H]1c1cc(OC)c(OC)cc1Br. The summed E-state index contributed by atoms with van der Waals surface area (Å²) in [7, 11) is 3.03. The van der Waals surface area contributed by atoms with Crippen molar-refractivity contribution in [3.63, 3.8) is 0 Å². The maximum atomic E-state index is 14.2. The topological polar surface area (TPSA) is 88.4 Å². The van der Waals surface area contributed by atoms with Crippen LogP contribution < -0.4 is 29.1 Å². The van der Waals surface area contributed by atoms with E-state index in [-0.39, 0.29) is 30.2 Å². The van der Waals surface area contributed by atoms with Crippen LogP contribution in [0.4, 0.5) is 4.39 Å². The molecular weight excluding hydrogens is 675 g/mol. The number of rotatable bonds is 9. The number of esters is 1. The number of hydrogen-bond donors (Lipinski definition) is 0. The van der Waals surface area contributed by atoms with Crippen LogP contribution in [0.3, 0.4) is 0 Å². The second-order valence-corrected chi connectivity index (χ2v) is 11.9. The molecule has 1 aliphatic rings. The third-order valence-electron chi connectivity index (χ3n) is 6.88. The molecule has 0 spiro atoms. The van der Waals surface area contributed by atoms with Gasteiger partial charge in [-0.2, -0.15) is 0 Å². The molecule has 44 heavy (non-hydrogen) atoms. The van der Waals surface area contributed by atoms with Gasteiger partial charge in [-0.05, 0) is 73.5 Å². The molecule has 0 amide bonds. The second kappa shape index (κ2) is 13.4. The van der Waals surface area contributed by atoms with Crippen LogP contribution >= 0.6 is 38.9 Å². The van der Waals surface area contributed by atoms with E-state index in [1.807, 2.05) is 0 Å². The van der Waals surface area contributed by atoms with E-state index in [0.29, 0.717) is 52.9 Å².